The van der Waals surface area contributed by atoms with E-state index in [0.717, 1.165) is 5.56 Å². The predicted octanol–water partition coefficient (Wildman–Crippen LogP) is 0.544. The minimum absolute atomic E-state index is 0. The molecule has 10 heavy (non-hydrogen) atoms. The van der Waals surface area contributed by atoms with Crippen molar-refractivity contribution in [2.24, 2.45) is 5.73 Å². The molecular weight excluding hydrogens is 150 g/mol. The molecule has 0 fully saturated rings. The topological polar surface area (TPSA) is 64.9 Å². The first kappa shape index (κ1) is 9.20. The lowest BCUT2D eigenvalue weighted by Crippen LogP contribution is -2.01. The molecule has 1 rings (SSSR count). The van der Waals surface area contributed by atoms with Crippen LogP contribution in [0.4, 0.5) is 5.69 Å². The molecule has 3 nitrogen and oxygen atoms in total. The minimum Gasteiger partial charge on any atom is -0.397 e. The van der Waals surface area contributed by atoms with Gasteiger partial charge in [-0.3, -0.25) is 4.98 Å². The van der Waals surface area contributed by atoms with Gasteiger partial charge in [0.15, 0.2) is 0 Å². The molecule has 0 amide bonds. The Morgan fingerprint density at radius 1 is 1.50 bits per heavy atom. The van der Waals surface area contributed by atoms with Crippen molar-refractivity contribution in [3.05, 3.63) is 24.0 Å². The number of aromatic nitrogens is 1. The summed E-state index contributed by atoms with van der Waals surface area (Å²) in [5.74, 6) is 0. The Morgan fingerprint density at radius 2 is 2.20 bits per heavy atom. The predicted molar refractivity (Wildman–Crippen MR) is 43.8 cm³/mol. The van der Waals surface area contributed by atoms with Gasteiger partial charge in [0.05, 0.1) is 11.9 Å². The number of nitrogens with zero attached hydrogens (tertiary/aromatic N) is 1. The van der Waals surface area contributed by atoms with E-state index in [1.807, 2.05) is 6.07 Å². The van der Waals surface area contributed by atoms with Crippen molar-refractivity contribution in [2.45, 2.75) is 6.54 Å². The van der Waals surface area contributed by atoms with Gasteiger partial charge in [-0.15, -0.1) is 12.4 Å². The summed E-state index contributed by atoms with van der Waals surface area (Å²) in [4.78, 5) is 3.81. The van der Waals surface area contributed by atoms with E-state index in [2.05, 4.69) is 4.98 Å². The van der Waals surface area contributed by atoms with Gasteiger partial charge in [0.25, 0.3) is 0 Å². The molecule has 0 saturated heterocycles. The van der Waals surface area contributed by atoms with Gasteiger partial charge >= 0.3 is 0 Å². The first-order chi connectivity index (χ1) is 4.34. The van der Waals surface area contributed by atoms with Gasteiger partial charge in [-0.05, 0) is 11.6 Å². The van der Waals surface area contributed by atoms with Gasteiger partial charge in [0.2, 0.25) is 0 Å². The Kier molecular flexibility index (Phi) is 3.76. The maximum Gasteiger partial charge on any atom is 0.0546 e. The zero-order chi connectivity index (χ0) is 6.69. The summed E-state index contributed by atoms with van der Waals surface area (Å²) in [6.45, 7) is 0.481. The Labute approximate surface area is 65.8 Å². The summed E-state index contributed by atoms with van der Waals surface area (Å²) < 4.78 is 0. The van der Waals surface area contributed by atoms with E-state index in [0.29, 0.717) is 12.2 Å². The molecule has 1 heterocycles. The maximum atomic E-state index is 5.49. The summed E-state index contributed by atoms with van der Waals surface area (Å²) in [7, 11) is 0. The summed E-state index contributed by atoms with van der Waals surface area (Å²) >= 11 is 0. The molecule has 0 bridgehead atoms. The summed E-state index contributed by atoms with van der Waals surface area (Å²) in [5, 5.41) is 0. The first-order valence-electron chi connectivity index (χ1n) is 2.73. The number of halogens is 1. The molecule has 0 saturated carbocycles. The SMILES string of the molecule is Cl.NCc1ccncc1N. The van der Waals surface area contributed by atoms with Crippen LogP contribution in [0.2, 0.25) is 0 Å². The highest BCUT2D eigenvalue weighted by atomic mass is 35.5. The maximum absolute atomic E-state index is 5.49. The third-order valence-corrected chi connectivity index (χ3v) is 1.17. The fourth-order valence-corrected chi connectivity index (χ4v) is 0.621. The van der Waals surface area contributed by atoms with E-state index in [9.17, 15) is 0 Å². The average Bonchev–Trinajstić information content (AvgIpc) is 1.89. The van der Waals surface area contributed by atoms with Crippen molar-refractivity contribution < 1.29 is 0 Å². The van der Waals surface area contributed by atoms with Crippen molar-refractivity contribution in [2.75, 3.05) is 5.73 Å². The lowest BCUT2D eigenvalue weighted by atomic mass is 10.2. The molecule has 4 heteroatoms. The van der Waals surface area contributed by atoms with Gasteiger partial charge in [0.1, 0.15) is 0 Å². The van der Waals surface area contributed by atoms with Gasteiger partial charge in [-0.1, -0.05) is 0 Å². The van der Waals surface area contributed by atoms with Crippen molar-refractivity contribution in [1.29, 1.82) is 0 Å². The van der Waals surface area contributed by atoms with E-state index in [-0.39, 0.29) is 12.4 Å². The summed E-state index contributed by atoms with van der Waals surface area (Å²) in [6, 6.07) is 1.81. The number of pyridine rings is 1. The second-order valence-corrected chi connectivity index (χ2v) is 1.78. The molecule has 0 aliphatic heterocycles. The monoisotopic (exact) mass is 159 g/mol. The Morgan fingerprint density at radius 3 is 2.60 bits per heavy atom. The van der Waals surface area contributed by atoms with Crippen LogP contribution in [0.3, 0.4) is 0 Å². The van der Waals surface area contributed by atoms with Crippen LogP contribution in [0.5, 0.6) is 0 Å². The Hall–Kier alpha value is -0.800. The number of nitrogens with two attached hydrogens (primary N) is 2. The minimum atomic E-state index is 0. The summed E-state index contributed by atoms with van der Waals surface area (Å²) in [5.41, 5.74) is 12.4. The van der Waals surface area contributed by atoms with Gasteiger partial charge < -0.3 is 11.5 Å². The molecule has 1 aromatic rings. The third kappa shape index (κ3) is 1.86. The number of anilines is 1. The fraction of sp³-hybridized carbons (Fsp3) is 0.167. The lowest BCUT2D eigenvalue weighted by molar-refractivity contribution is 1.06. The zero-order valence-electron chi connectivity index (χ0n) is 5.45. The van der Waals surface area contributed by atoms with Crippen molar-refractivity contribution >= 4 is 18.1 Å². The van der Waals surface area contributed by atoms with E-state index < -0.39 is 0 Å². The van der Waals surface area contributed by atoms with Crippen LogP contribution in [0.25, 0.3) is 0 Å². The van der Waals surface area contributed by atoms with Crippen LogP contribution in [-0.2, 0) is 6.54 Å². The van der Waals surface area contributed by atoms with Crippen LogP contribution >= 0.6 is 12.4 Å². The second-order valence-electron chi connectivity index (χ2n) is 1.78. The largest absolute Gasteiger partial charge is 0.397 e. The first-order valence-corrected chi connectivity index (χ1v) is 2.73. The average molecular weight is 160 g/mol. The van der Waals surface area contributed by atoms with Crippen LogP contribution in [-0.4, -0.2) is 4.98 Å². The number of hydrogen-bond acceptors (Lipinski definition) is 3. The molecule has 0 radical (unpaired) electrons. The molecule has 0 aliphatic carbocycles. The highest BCUT2D eigenvalue weighted by Gasteiger charge is 1.91. The molecule has 0 aromatic carbocycles. The smallest absolute Gasteiger partial charge is 0.0546 e. The van der Waals surface area contributed by atoms with Crippen molar-refractivity contribution in [3.63, 3.8) is 0 Å². The molecule has 0 aliphatic rings. The van der Waals surface area contributed by atoms with Gasteiger partial charge in [-0.25, -0.2) is 0 Å². The third-order valence-electron chi connectivity index (χ3n) is 1.17. The molecule has 4 N–H and O–H groups in total. The summed E-state index contributed by atoms with van der Waals surface area (Å²) in [6.07, 6.45) is 3.28. The van der Waals surface area contributed by atoms with Crippen LogP contribution in [0.15, 0.2) is 18.5 Å². The highest BCUT2D eigenvalue weighted by molar-refractivity contribution is 5.85. The number of rotatable bonds is 1. The lowest BCUT2D eigenvalue weighted by Gasteiger charge is -1.97. The van der Waals surface area contributed by atoms with Crippen molar-refractivity contribution in [1.82, 2.24) is 4.98 Å². The van der Waals surface area contributed by atoms with Gasteiger partial charge in [-0.2, -0.15) is 0 Å². The van der Waals surface area contributed by atoms with Crippen molar-refractivity contribution in [3.8, 4) is 0 Å². The van der Waals surface area contributed by atoms with E-state index >= 15 is 0 Å². The van der Waals surface area contributed by atoms with Gasteiger partial charge in [0, 0.05) is 12.7 Å². The Balaban J connectivity index is 0.000000810. The molecule has 0 unspecified atom stereocenters. The van der Waals surface area contributed by atoms with Crippen LogP contribution < -0.4 is 11.5 Å². The molecule has 1 aromatic heterocycles. The van der Waals surface area contributed by atoms with Crippen LogP contribution in [0.1, 0.15) is 5.56 Å². The van der Waals surface area contributed by atoms with E-state index in [1.165, 1.54) is 0 Å². The Bertz CT molecular complexity index is 202. The second kappa shape index (κ2) is 4.09. The van der Waals surface area contributed by atoms with E-state index in [4.69, 9.17) is 11.5 Å². The highest BCUT2D eigenvalue weighted by Crippen LogP contribution is 2.05. The molecule has 56 valence electrons. The zero-order valence-corrected chi connectivity index (χ0v) is 6.27. The standard InChI is InChI=1S/C6H9N3.ClH/c7-3-5-1-2-9-4-6(5)8;/h1-2,4H,3,7-8H2;1H. The molecular formula is C6H10ClN3. The molecule has 0 spiro atoms. The fourth-order valence-electron chi connectivity index (χ4n) is 0.621. The van der Waals surface area contributed by atoms with Crippen LogP contribution in [0, 0.1) is 0 Å². The normalized spacial score (nSPS) is 8.50. The number of hydrogen-bond donors (Lipinski definition) is 2. The van der Waals surface area contributed by atoms with E-state index in [1.54, 1.807) is 12.4 Å². The quantitative estimate of drug-likeness (QED) is 0.629. The number of nitrogen functional groups attached to an aromatic ring is 1. The molecule has 0 atom stereocenters.